The third-order valence-electron chi connectivity index (χ3n) is 2.53. The monoisotopic (exact) mass is 238 g/mol. The van der Waals surface area contributed by atoms with Gasteiger partial charge in [-0.15, -0.1) is 23.2 Å². The van der Waals surface area contributed by atoms with Crippen LogP contribution >= 0.6 is 23.2 Å². The third kappa shape index (κ3) is 4.35. The molecule has 1 unspecified atom stereocenters. The molecule has 14 heavy (non-hydrogen) atoms. The van der Waals surface area contributed by atoms with Crippen molar-refractivity contribution in [2.75, 3.05) is 26.7 Å². The molecule has 0 aromatic carbocycles. The van der Waals surface area contributed by atoms with E-state index in [1.54, 1.807) is 0 Å². The number of rotatable bonds is 6. The molecule has 1 aliphatic rings. The van der Waals surface area contributed by atoms with Gasteiger partial charge in [-0.05, 0) is 13.5 Å². The number of hydrogen-bond acceptors (Lipinski definition) is 2. The Morgan fingerprint density at radius 3 is 2.50 bits per heavy atom. The summed E-state index contributed by atoms with van der Waals surface area (Å²) in [7, 11) is 2.12. The van der Waals surface area contributed by atoms with Gasteiger partial charge in [0.25, 0.3) is 0 Å². The van der Waals surface area contributed by atoms with Crippen LogP contribution in [0.15, 0.2) is 0 Å². The van der Waals surface area contributed by atoms with Crippen molar-refractivity contribution in [1.82, 2.24) is 10.2 Å². The molecular weight excluding hydrogens is 219 g/mol. The van der Waals surface area contributed by atoms with E-state index >= 15 is 0 Å². The van der Waals surface area contributed by atoms with Crippen LogP contribution in [0.25, 0.3) is 0 Å². The van der Waals surface area contributed by atoms with Crippen LogP contribution in [0.4, 0.5) is 0 Å². The standard InChI is InChI=1S/C10H20Cl2N2/c1-8(2)13-4-5-14(3)7-9-6-10(9,11)12/h8-9,13H,4-7H2,1-3H3. The summed E-state index contributed by atoms with van der Waals surface area (Å²) in [5.74, 6) is 0.467. The predicted octanol–water partition coefficient (Wildman–Crippen LogP) is 2.11. The molecule has 0 radical (unpaired) electrons. The van der Waals surface area contributed by atoms with E-state index in [0.717, 1.165) is 26.1 Å². The van der Waals surface area contributed by atoms with Gasteiger partial charge in [-0.25, -0.2) is 0 Å². The van der Waals surface area contributed by atoms with Gasteiger partial charge in [-0.2, -0.15) is 0 Å². The van der Waals surface area contributed by atoms with Crippen LogP contribution in [0.1, 0.15) is 20.3 Å². The van der Waals surface area contributed by atoms with E-state index in [2.05, 4.69) is 31.1 Å². The first-order valence-corrected chi connectivity index (χ1v) is 5.97. The number of likely N-dealkylation sites (N-methyl/N-ethyl adjacent to an activating group) is 1. The smallest absolute Gasteiger partial charge is 0.122 e. The molecule has 1 aliphatic carbocycles. The minimum atomic E-state index is -0.431. The Labute approximate surface area is 96.9 Å². The Bertz CT molecular complexity index is 183. The summed E-state index contributed by atoms with van der Waals surface area (Å²) in [6.45, 7) is 7.40. The highest BCUT2D eigenvalue weighted by Crippen LogP contribution is 2.53. The zero-order valence-corrected chi connectivity index (χ0v) is 10.7. The first-order chi connectivity index (χ1) is 6.42. The van der Waals surface area contributed by atoms with E-state index in [0.29, 0.717) is 12.0 Å². The molecule has 1 fully saturated rings. The van der Waals surface area contributed by atoms with Gasteiger partial charge in [-0.1, -0.05) is 13.8 Å². The molecule has 0 bridgehead atoms. The normalized spacial score (nSPS) is 24.6. The van der Waals surface area contributed by atoms with Gasteiger partial charge in [0.1, 0.15) is 4.33 Å². The molecule has 0 amide bonds. The quantitative estimate of drug-likeness (QED) is 0.714. The molecule has 0 aromatic rings. The van der Waals surface area contributed by atoms with Crippen molar-refractivity contribution in [3.05, 3.63) is 0 Å². The van der Waals surface area contributed by atoms with Crippen molar-refractivity contribution in [1.29, 1.82) is 0 Å². The van der Waals surface area contributed by atoms with Crippen molar-refractivity contribution in [3.8, 4) is 0 Å². The Hall–Kier alpha value is 0.500. The van der Waals surface area contributed by atoms with Crippen LogP contribution in [0.3, 0.4) is 0 Å². The summed E-state index contributed by atoms with van der Waals surface area (Å²) in [6, 6.07) is 0.560. The fourth-order valence-corrected chi connectivity index (χ4v) is 1.99. The highest BCUT2D eigenvalue weighted by atomic mass is 35.5. The Balaban J connectivity index is 2.03. The molecule has 84 valence electrons. The minimum Gasteiger partial charge on any atom is -0.313 e. The van der Waals surface area contributed by atoms with Crippen LogP contribution in [-0.4, -0.2) is 42.0 Å². The second-order valence-electron chi connectivity index (χ2n) is 4.53. The fourth-order valence-electron chi connectivity index (χ4n) is 1.48. The molecule has 0 saturated heterocycles. The van der Waals surface area contributed by atoms with Crippen LogP contribution < -0.4 is 5.32 Å². The SMILES string of the molecule is CC(C)NCCN(C)CC1CC1(Cl)Cl. The molecule has 4 heteroatoms. The van der Waals surface area contributed by atoms with Gasteiger partial charge in [0.15, 0.2) is 0 Å². The van der Waals surface area contributed by atoms with Crippen molar-refractivity contribution in [2.24, 2.45) is 5.92 Å². The number of nitrogens with zero attached hydrogens (tertiary/aromatic N) is 1. The van der Waals surface area contributed by atoms with Crippen LogP contribution in [0.2, 0.25) is 0 Å². The van der Waals surface area contributed by atoms with Crippen molar-refractivity contribution in [3.63, 3.8) is 0 Å². The second-order valence-corrected chi connectivity index (χ2v) is 6.08. The van der Waals surface area contributed by atoms with E-state index in [-0.39, 0.29) is 0 Å². The molecule has 1 N–H and O–H groups in total. The van der Waals surface area contributed by atoms with Crippen LogP contribution in [-0.2, 0) is 0 Å². The van der Waals surface area contributed by atoms with Crippen molar-refractivity contribution in [2.45, 2.75) is 30.6 Å². The number of halogens is 2. The van der Waals surface area contributed by atoms with E-state index in [9.17, 15) is 0 Å². The van der Waals surface area contributed by atoms with Crippen molar-refractivity contribution < 1.29 is 0 Å². The summed E-state index contributed by atoms with van der Waals surface area (Å²) in [5, 5.41) is 3.38. The highest BCUT2D eigenvalue weighted by Gasteiger charge is 2.51. The lowest BCUT2D eigenvalue weighted by Crippen LogP contribution is -2.34. The van der Waals surface area contributed by atoms with Crippen LogP contribution in [0.5, 0.6) is 0 Å². The molecule has 0 aliphatic heterocycles. The summed E-state index contributed by atoms with van der Waals surface area (Å²) in [4.78, 5) is 2.28. The summed E-state index contributed by atoms with van der Waals surface area (Å²) in [6.07, 6.45) is 0.943. The maximum absolute atomic E-state index is 5.96. The predicted molar refractivity (Wildman–Crippen MR) is 63.2 cm³/mol. The first-order valence-electron chi connectivity index (χ1n) is 5.21. The summed E-state index contributed by atoms with van der Waals surface area (Å²) < 4.78 is -0.431. The molecule has 1 saturated carbocycles. The van der Waals surface area contributed by atoms with Gasteiger partial charge in [0.2, 0.25) is 0 Å². The Kier molecular flexibility index (Phi) is 4.51. The average Bonchev–Trinajstić information content (AvgIpc) is 2.57. The lowest BCUT2D eigenvalue weighted by Gasteiger charge is -2.18. The molecule has 1 rings (SSSR count). The van der Waals surface area contributed by atoms with Gasteiger partial charge in [0.05, 0.1) is 0 Å². The maximum Gasteiger partial charge on any atom is 0.122 e. The zero-order chi connectivity index (χ0) is 10.8. The second kappa shape index (κ2) is 5.02. The van der Waals surface area contributed by atoms with Gasteiger partial charge in [-0.3, -0.25) is 0 Å². The van der Waals surface area contributed by atoms with E-state index in [4.69, 9.17) is 23.2 Å². The third-order valence-corrected chi connectivity index (χ3v) is 3.46. The van der Waals surface area contributed by atoms with E-state index in [1.807, 2.05) is 0 Å². The molecular formula is C10H20Cl2N2. The van der Waals surface area contributed by atoms with Gasteiger partial charge >= 0.3 is 0 Å². The number of alkyl halides is 2. The van der Waals surface area contributed by atoms with Gasteiger partial charge in [0, 0.05) is 31.6 Å². The number of hydrogen-bond donors (Lipinski definition) is 1. The van der Waals surface area contributed by atoms with Crippen LogP contribution in [0, 0.1) is 5.92 Å². The zero-order valence-electron chi connectivity index (χ0n) is 9.19. The molecule has 0 heterocycles. The van der Waals surface area contributed by atoms with E-state index < -0.39 is 4.33 Å². The topological polar surface area (TPSA) is 15.3 Å². The lowest BCUT2D eigenvalue weighted by atomic mass is 10.3. The number of nitrogens with one attached hydrogen (secondary N) is 1. The fraction of sp³-hybridized carbons (Fsp3) is 1.00. The summed E-state index contributed by atoms with van der Waals surface area (Å²) >= 11 is 11.9. The molecule has 1 atom stereocenters. The van der Waals surface area contributed by atoms with E-state index in [1.165, 1.54) is 0 Å². The van der Waals surface area contributed by atoms with Crippen molar-refractivity contribution >= 4 is 23.2 Å². The van der Waals surface area contributed by atoms with Gasteiger partial charge < -0.3 is 10.2 Å². The molecule has 0 aromatic heterocycles. The molecule has 0 spiro atoms. The first kappa shape index (κ1) is 12.6. The Morgan fingerprint density at radius 1 is 1.50 bits per heavy atom. The largest absolute Gasteiger partial charge is 0.313 e. The molecule has 2 nitrogen and oxygen atoms in total. The Morgan fingerprint density at radius 2 is 2.07 bits per heavy atom. The maximum atomic E-state index is 5.96. The minimum absolute atomic E-state index is 0.431. The summed E-state index contributed by atoms with van der Waals surface area (Å²) in [5.41, 5.74) is 0. The average molecular weight is 239 g/mol. The highest BCUT2D eigenvalue weighted by molar-refractivity contribution is 6.50. The lowest BCUT2D eigenvalue weighted by molar-refractivity contribution is 0.313.